The van der Waals surface area contributed by atoms with Crippen molar-refractivity contribution in [1.82, 2.24) is 34.6 Å². The number of halogens is 3. The third kappa shape index (κ3) is 7.56. The molecule has 7 heterocycles. The number of benzene rings is 2. The number of aryl methyl sites for hydroxylation is 1. The number of likely N-dealkylation sites (tertiary alicyclic amines) is 1. The van der Waals surface area contributed by atoms with Crippen molar-refractivity contribution in [3.05, 3.63) is 108 Å². The first-order valence-electron chi connectivity index (χ1n) is 20.3. The lowest BCUT2D eigenvalue weighted by molar-refractivity contribution is -0.140. The largest absolute Gasteiger partial charge is 0.489 e. The van der Waals surface area contributed by atoms with E-state index in [-0.39, 0.29) is 36.2 Å². The Morgan fingerprint density at radius 3 is 2.33 bits per heavy atom. The van der Waals surface area contributed by atoms with Crippen LogP contribution in [0.15, 0.2) is 85.5 Å². The number of nitrogens with one attached hydrogen (secondary N) is 1. The van der Waals surface area contributed by atoms with Crippen LogP contribution in [0.3, 0.4) is 0 Å². The fourth-order valence-corrected chi connectivity index (χ4v) is 8.41. The van der Waals surface area contributed by atoms with Gasteiger partial charge in [-0.1, -0.05) is 18.1 Å². The van der Waals surface area contributed by atoms with Gasteiger partial charge in [0.25, 0.3) is 11.8 Å². The van der Waals surface area contributed by atoms with Crippen LogP contribution in [0.2, 0.25) is 0 Å². The predicted molar refractivity (Wildman–Crippen MR) is 220 cm³/mol. The summed E-state index contributed by atoms with van der Waals surface area (Å²) >= 11 is 0. The Morgan fingerprint density at radius 2 is 1.56 bits per heavy atom. The number of rotatable bonds is 9. The summed E-state index contributed by atoms with van der Waals surface area (Å²) < 4.78 is 62.7. The highest BCUT2D eigenvalue weighted by Crippen LogP contribution is 2.41. The molecule has 2 aromatic carbocycles. The summed E-state index contributed by atoms with van der Waals surface area (Å²) in [5, 5.41) is 4.11. The Labute approximate surface area is 357 Å². The van der Waals surface area contributed by atoms with Crippen molar-refractivity contribution in [1.29, 1.82) is 0 Å². The second-order valence-electron chi connectivity index (χ2n) is 16.0. The van der Waals surface area contributed by atoms with E-state index in [4.69, 9.17) is 14.2 Å². The fourth-order valence-electron chi connectivity index (χ4n) is 8.41. The molecule has 3 aliphatic heterocycles. The number of carbonyl (C=O) groups excluding carboxylic acids is 4. The van der Waals surface area contributed by atoms with Crippen LogP contribution in [0, 0.1) is 11.8 Å². The molecule has 4 aromatic heterocycles. The number of pyridine rings is 3. The Balaban J connectivity index is 0.685. The molecule has 1 saturated carbocycles. The van der Waals surface area contributed by atoms with Crippen molar-refractivity contribution in [2.45, 2.75) is 56.2 Å². The van der Waals surface area contributed by atoms with Gasteiger partial charge in [0.1, 0.15) is 47.1 Å². The highest BCUT2D eigenvalue weighted by atomic mass is 19.4. The lowest BCUT2D eigenvalue weighted by Crippen LogP contribution is -2.54. The number of fused-ring (bicyclic) bond motifs is 4. The molecule has 4 amide bonds. The maximum Gasteiger partial charge on any atom is 0.421 e. The molecule has 1 atom stereocenters. The van der Waals surface area contributed by atoms with E-state index in [0.717, 1.165) is 32.8 Å². The number of aromatic nitrogens is 4. The van der Waals surface area contributed by atoms with Gasteiger partial charge in [-0.3, -0.25) is 39.3 Å². The Morgan fingerprint density at radius 1 is 0.778 bits per heavy atom. The van der Waals surface area contributed by atoms with E-state index in [1.54, 1.807) is 42.9 Å². The number of hydrogen-bond donors (Lipinski definition) is 1. The molecule has 14 nitrogen and oxygen atoms in total. The van der Waals surface area contributed by atoms with E-state index in [1.807, 2.05) is 29.8 Å². The van der Waals surface area contributed by atoms with Crippen LogP contribution in [-0.4, -0.2) is 96.9 Å². The van der Waals surface area contributed by atoms with Crippen molar-refractivity contribution in [3.8, 4) is 40.3 Å². The van der Waals surface area contributed by atoms with E-state index < -0.39 is 53.4 Å². The maximum atomic E-state index is 14.3. The number of alkyl halides is 3. The average molecular weight is 856 g/mol. The van der Waals surface area contributed by atoms with Gasteiger partial charge in [0.05, 0.1) is 29.4 Å². The van der Waals surface area contributed by atoms with Crippen LogP contribution >= 0.6 is 0 Å². The third-order valence-electron chi connectivity index (χ3n) is 11.8. The van der Waals surface area contributed by atoms with Crippen LogP contribution in [0.4, 0.5) is 13.2 Å². The molecule has 6 aromatic rings. The topological polar surface area (TPSA) is 158 Å². The van der Waals surface area contributed by atoms with Crippen LogP contribution in [0.1, 0.15) is 57.7 Å². The number of amides is 4. The lowest BCUT2D eigenvalue weighted by Gasteiger charge is -2.37. The maximum absolute atomic E-state index is 14.3. The smallest absolute Gasteiger partial charge is 0.421 e. The zero-order valence-electron chi connectivity index (χ0n) is 33.5. The average Bonchev–Trinajstić information content (AvgIpc) is 3.66. The molecule has 2 saturated heterocycles. The predicted octanol–water partition coefficient (Wildman–Crippen LogP) is 5.71. The summed E-state index contributed by atoms with van der Waals surface area (Å²) in [5.41, 5.74) is 2.71. The third-order valence-corrected chi connectivity index (χ3v) is 11.8. The highest BCUT2D eigenvalue weighted by molar-refractivity contribution is 6.23. The molecular formula is C46H36F3N7O7. The summed E-state index contributed by atoms with van der Waals surface area (Å²) in [5.74, 6) is 4.33. The highest BCUT2D eigenvalue weighted by Gasteiger charge is 2.45. The van der Waals surface area contributed by atoms with E-state index in [2.05, 4.69) is 37.0 Å². The van der Waals surface area contributed by atoms with Crippen LogP contribution in [0.25, 0.3) is 32.9 Å². The molecule has 1 unspecified atom stereocenters. The van der Waals surface area contributed by atoms with Crippen LogP contribution in [-0.2, 0) is 22.8 Å². The van der Waals surface area contributed by atoms with Crippen molar-refractivity contribution < 1.29 is 46.6 Å². The van der Waals surface area contributed by atoms with Crippen molar-refractivity contribution in [2.24, 2.45) is 7.05 Å². The summed E-state index contributed by atoms with van der Waals surface area (Å²) in [4.78, 5) is 65.7. The van der Waals surface area contributed by atoms with E-state index in [9.17, 15) is 32.3 Å². The van der Waals surface area contributed by atoms with Gasteiger partial charge < -0.3 is 18.8 Å². The minimum atomic E-state index is -4.68. The van der Waals surface area contributed by atoms with E-state index in [0.29, 0.717) is 60.8 Å². The van der Waals surface area contributed by atoms with E-state index >= 15 is 0 Å². The summed E-state index contributed by atoms with van der Waals surface area (Å²) in [7, 11) is 1.91. The zero-order valence-corrected chi connectivity index (χ0v) is 33.5. The summed E-state index contributed by atoms with van der Waals surface area (Å²) in [6.07, 6.45) is 1.72. The first-order chi connectivity index (χ1) is 30.4. The second-order valence-corrected chi connectivity index (χ2v) is 16.0. The van der Waals surface area contributed by atoms with Crippen molar-refractivity contribution >= 4 is 45.4 Å². The van der Waals surface area contributed by atoms with Gasteiger partial charge in [-0.25, -0.2) is 9.97 Å². The molecule has 3 fully saturated rings. The van der Waals surface area contributed by atoms with Gasteiger partial charge >= 0.3 is 6.18 Å². The molecule has 4 aliphatic rings. The van der Waals surface area contributed by atoms with Gasteiger partial charge in [-0.05, 0) is 66.4 Å². The fraction of sp³-hybridized carbons (Fsp3) is 0.283. The number of nitrogens with zero attached hydrogens (tertiary/aromatic N) is 6. The first-order valence-corrected chi connectivity index (χ1v) is 20.3. The van der Waals surface area contributed by atoms with Gasteiger partial charge in [-0.15, -0.1) is 0 Å². The van der Waals surface area contributed by atoms with Crippen molar-refractivity contribution in [3.63, 3.8) is 0 Å². The summed E-state index contributed by atoms with van der Waals surface area (Å²) in [6, 6.07) is 15.6. The monoisotopic (exact) mass is 855 g/mol. The van der Waals surface area contributed by atoms with Gasteiger partial charge in [0.15, 0.2) is 0 Å². The number of imide groups is 2. The molecule has 1 aliphatic carbocycles. The number of ether oxygens (including phenoxy) is 3. The second kappa shape index (κ2) is 15.5. The Kier molecular flexibility index (Phi) is 9.82. The molecule has 10 rings (SSSR count). The minimum Gasteiger partial charge on any atom is -0.489 e. The molecule has 0 radical (unpaired) electrons. The van der Waals surface area contributed by atoms with Crippen molar-refractivity contribution in [2.75, 3.05) is 19.6 Å². The van der Waals surface area contributed by atoms with E-state index in [1.165, 1.54) is 18.3 Å². The quantitative estimate of drug-likeness (QED) is 0.140. The molecule has 0 spiro atoms. The molecule has 63 heavy (non-hydrogen) atoms. The zero-order chi connectivity index (χ0) is 43.6. The SMILES string of the molecule is Cn1c2ccncc2c2ccc(-c3cnc(O[C@H]4C[C@H](Oc5ccc(C#CCN6CC(Oc7ccc8c(c7)C(=O)N(C7CCC(=O)NC7=O)C8=O)C6)nc5)C4)c(C(F)(F)F)c3)cc21. The van der Waals surface area contributed by atoms with Crippen LogP contribution in [0.5, 0.6) is 17.4 Å². The molecule has 0 bridgehead atoms. The summed E-state index contributed by atoms with van der Waals surface area (Å²) in [6.45, 7) is 1.65. The molecule has 318 valence electrons. The molecule has 1 N–H and O–H groups in total. The normalized spacial score (nSPS) is 20.2. The Hall–Kier alpha value is -7.32. The Bertz CT molecular complexity index is 2930. The van der Waals surface area contributed by atoms with Gasteiger partial charge in [0.2, 0.25) is 17.7 Å². The lowest BCUT2D eigenvalue weighted by atomic mass is 9.92. The van der Waals surface area contributed by atoms with Gasteiger partial charge in [0, 0.05) is 79.8 Å². The number of hydrogen-bond acceptors (Lipinski definition) is 11. The minimum absolute atomic E-state index is 0.0443. The first kappa shape index (κ1) is 39.8. The van der Waals surface area contributed by atoms with Crippen LogP contribution < -0.4 is 19.5 Å². The standard InChI is InChI=1S/C46H36F3N7O7/c1-54-38-12-13-50-22-36(38)33-8-4-25(16-40(33)54)26-15-37(46(47,48)49)43(52-20-26)63-31-17-30(18-31)62-29-6-5-27(51-21-29)3-2-14-55-23-32(24-55)61-28-7-9-34-35(19-28)45(60)56(44(34)59)39-10-11-41(57)53-42(39)58/h4-9,12-13,15-16,19-22,30-32,39H,10-11,14,17-18,23-24H2,1H3,(H,53,57,58)/t30-,31-,39?. The molecule has 17 heteroatoms. The number of piperidine rings is 1. The van der Waals surface area contributed by atoms with Gasteiger partial charge in [-0.2, -0.15) is 13.2 Å². The number of carbonyl (C=O) groups is 4. The molecular weight excluding hydrogens is 820 g/mol.